The van der Waals surface area contributed by atoms with E-state index in [4.69, 9.17) is 4.74 Å². The molecule has 2 fully saturated rings. The van der Waals surface area contributed by atoms with Crippen LogP contribution >= 0.6 is 0 Å². The van der Waals surface area contributed by atoms with Gasteiger partial charge in [-0.3, -0.25) is 24.5 Å². The second-order valence-corrected chi connectivity index (χ2v) is 9.09. The predicted molar refractivity (Wildman–Crippen MR) is 127 cm³/mol. The van der Waals surface area contributed by atoms with Crippen molar-refractivity contribution in [1.29, 1.82) is 0 Å². The van der Waals surface area contributed by atoms with Crippen molar-refractivity contribution in [2.24, 2.45) is 11.8 Å². The van der Waals surface area contributed by atoms with Crippen LogP contribution in [0, 0.1) is 17.7 Å². The standard InChI is InChI=1S/C27H29FN2O5/c1-4-6-13-27(26(34)35-5-2)22-21(23(29-27)18-10-7-11-19(28)14-18)24(32)30(25(22)33)20-12-8-9-17(15-20)16(3)31/h7-12,14-15,21-23,29H,4-6,13H2,1-3H3/t21-,22+,23-,27-/m0/s1. The van der Waals surface area contributed by atoms with E-state index in [9.17, 15) is 23.6 Å². The molecule has 2 saturated heterocycles. The van der Waals surface area contributed by atoms with Gasteiger partial charge in [0, 0.05) is 11.6 Å². The highest BCUT2D eigenvalue weighted by Gasteiger charge is 2.68. The first kappa shape index (κ1) is 24.7. The number of rotatable bonds is 8. The summed E-state index contributed by atoms with van der Waals surface area (Å²) >= 11 is 0. The molecule has 2 aliphatic rings. The molecule has 8 heteroatoms. The second kappa shape index (κ2) is 9.70. The van der Waals surface area contributed by atoms with Crippen molar-refractivity contribution in [3.63, 3.8) is 0 Å². The molecule has 0 bridgehead atoms. The van der Waals surface area contributed by atoms with Gasteiger partial charge in [0.1, 0.15) is 11.4 Å². The smallest absolute Gasteiger partial charge is 0.327 e. The normalized spacial score (nSPS) is 25.6. The number of hydrogen-bond acceptors (Lipinski definition) is 6. The summed E-state index contributed by atoms with van der Waals surface area (Å²) in [7, 11) is 0. The lowest BCUT2D eigenvalue weighted by Gasteiger charge is -2.33. The Morgan fingerprint density at radius 1 is 1.09 bits per heavy atom. The minimum Gasteiger partial charge on any atom is -0.465 e. The number of fused-ring (bicyclic) bond motifs is 1. The van der Waals surface area contributed by atoms with E-state index in [1.54, 1.807) is 31.2 Å². The van der Waals surface area contributed by atoms with Crippen LogP contribution in [0.4, 0.5) is 10.1 Å². The van der Waals surface area contributed by atoms with E-state index < -0.39 is 47.0 Å². The number of imide groups is 1. The molecule has 4 rings (SSSR count). The number of halogens is 1. The largest absolute Gasteiger partial charge is 0.465 e. The first-order chi connectivity index (χ1) is 16.7. The maximum atomic E-state index is 14.2. The van der Waals surface area contributed by atoms with E-state index >= 15 is 0 Å². The number of nitrogens with one attached hydrogen (secondary N) is 1. The van der Waals surface area contributed by atoms with Crippen molar-refractivity contribution in [2.45, 2.75) is 51.6 Å². The minimum absolute atomic E-state index is 0.114. The molecule has 184 valence electrons. The molecule has 2 aromatic carbocycles. The molecule has 1 N–H and O–H groups in total. The van der Waals surface area contributed by atoms with Crippen molar-refractivity contribution in [2.75, 3.05) is 11.5 Å². The molecule has 2 amide bonds. The fraction of sp³-hybridized carbons (Fsp3) is 0.407. The number of amides is 2. The van der Waals surface area contributed by atoms with Crippen LogP contribution in [-0.4, -0.2) is 35.7 Å². The van der Waals surface area contributed by atoms with Gasteiger partial charge in [-0.05, 0) is 50.1 Å². The molecule has 2 heterocycles. The van der Waals surface area contributed by atoms with Crippen molar-refractivity contribution >= 4 is 29.3 Å². The molecule has 0 spiro atoms. The van der Waals surface area contributed by atoms with Gasteiger partial charge in [0.15, 0.2) is 5.78 Å². The number of ketones is 1. The second-order valence-electron chi connectivity index (χ2n) is 9.09. The Labute approximate surface area is 203 Å². The Morgan fingerprint density at radius 3 is 2.49 bits per heavy atom. The number of anilines is 1. The van der Waals surface area contributed by atoms with Gasteiger partial charge in [-0.25, -0.2) is 9.29 Å². The fourth-order valence-electron chi connectivity index (χ4n) is 5.34. The maximum Gasteiger partial charge on any atom is 0.327 e. The molecule has 2 aromatic rings. The average Bonchev–Trinajstić information content (AvgIpc) is 3.32. The highest BCUT2D eigenvalue weighted by atomic mass is 19.1. The molecule has 4 atom stereocenters. The summed E-state index contributed by atoms with van der Waals surface area (Å²) in [4.78, 5) is 54.1. The zero-order chi connectivity index (χ0) is 25.3. The van der Waals surface area contributed by atoms with E-state index in [0.29, 0.717) is 17.5 Å². The third-order valence-electron chi connectivity index (χ3n) is 6.94. The summed E-state index contributed by atoms with van der Waals surface area (Å²) < 4.78 is 19.6. The van der Waals surface area contributed by atoms with Gasteiger partial charge < -0.3 is 4.74 Å². The summed E-state index contributed by atoms with van der Waals surface area (Å²) in [6.45, 7) is 5.17. The maximum absolute atomic E-state index is 14.2. The van der Waals surface area contributed by atoms with Gasteiger partial charge in [-0.1, -0.05) is 44.0 Å². The van der Waals surface area contributed by atoms with Crippen LogP contribution < -0.4 is 10.2 Å². The summed E-state index contributed by atoms with van der Waals surface area (Å²) in [5.41, 5.74) is -0.327. The molecular formula is C27H29FN2O5. The number of unbranched alkanes of at least 4 members (excludes halogenated alkanes) is 1. The van der Waals surface area contributed by atoms with Crippen LogP contribution in [-0.2, 0) is 19.1 Å². The number of Topliss-reactive ketones (excluding diaryl/α,β-unsaturated/α-hetero) is 1. The lowest BCUT2D eigenvalue weighted by Crippen LogP contribution is -2.56. The van der Waals surface area contributed by atoms with E-state index in [-0.39, 0.29) is 24.5 Å². The number of nitrogens with zero attached hydrogens (tertiary/aromatic N) is 1. The van der Waals surface area contributed by atoms with Gasteiger partial charge >= 0.3 is 5.97 Å². The topological polar surface area (TPSA) is 92.8 Å². The van der Waals surface area contributed by atoms with Crippen molar-refractivity contribution in [3.05, 3.63) is 65.5 Å². The number of ether oxygens (including phenoxy) is 1. The van der Waals surface area contributed by atoms with Gasteiger partial charge in [-0.2, -0.15) is 0 Å². The summed E-state index contributed by atoms with van der Waals surface area (Å²) in [6, 6.07) is 11.4. The molecule has 2 aliphatic heterocycles. The molecular weight excluding hydrogens is 451 g/mol. The fourth-order valence-corrected chi connectivity index (χ4v) is 5.34. The quantitative estimate of drug-likeness (QED) is 0.349. The van der Waals surface area contributed by atoms with Crippen molar-refractivity contribution in [3.8, 4) is 0 Å². The van der Waals surface area contributed by atoms with Crippen LogP contribution in [0.25, 0.3) is 0 Å². The molecule has 0 unspecified atom stereocenters. The molecule has 35 heavy (non-hydrogen) atoms. The Hall–Kier alpha value is -3.39. The Bertz CT molecular complexity index is 1180. The summed E-state index contributed by atoms with van der Waals surface area (Å²) in [5, 5.41) is 3.27. The van der Waals surface area contributed by atoms with Crippen molar-refractivity contribution in [1.82, 2.24) is 5.32 Å². The average molecular weight is 481 g/mol. The zero-order valence-corrected chi connectivity index (χ0v) is 20.0. The van der Waals surface area contributed by atoms with E-state index in [1.807, 2.05) is 6.92 Å². The van der Waals surface area contributed by atoms with Crippen LogP contribution in [0.5, 0.6) is 0 Å². The van der Waals surface area contributed by atoms with Crippen LogP contribution in [0.3, 0.4) is 0 Å². The number of benzene rings is 2. The monoisotopic (exact) mass is 480 g/mol. The zero-order valence-electron chi connectivity index (χ0n) is 20.0. The SMILES string of the molecule is CCCC[C@]1(C(=O)OCC)N[C@@H](c2cccc(F)c2)[C@H]2C(=O)N(c3cccc(C(C)=O)c3)C(=O)[C@@H]21. The molecule has 0 saturated carbocycles. The van der Waals surface area contributed by atoms with E-state index in [0.717, 1.165) is 11.3 Å². The molecule has 0 aromatic heterocycles. The van der Waals surface area contributed by atoms with Gasteiger partial charge in [-0.15, -0.1) is 0 Å². The lowest BCUT2D eigenvalue weighted by atomic mass is 9.76. The summed E-state index contributed by atoms with van der Waals surface area (Å²) in [6.07, 6.45) is 1.67. The molecule has 0 aliphatic carbocycles. The number of carbonyl (C=O) groups is 4. The predicted octanol–water partition coefficient (Wildman–Crippen LogP) is 3.97. The van der Waals surface area contributed by atoms with Gasteiger partial charge in [0.2, 0.25) is 11.8 Å². The molecule has 0 radical (unpaired) electrons. The summed E-state index contributed by atoms with van der Waals surface area (Å²) in [5.74, 6) is -4.27. The van der Waals surface area contributed by atoms with Gasteiger partial charge in [0.25, 0.3) is 0 Å². The van der Waals surface area contributed by atoms with Crippen LogP contribution in [0.1, 0.15) is 62.0 Å². The number of hydrogen-bond donors (Lipinski definition) is 1. The van der Waals surface area contributed by atoms with Crippen LogP contribution in [0.2, 0.25) is 0 Å². The lowest BCUT2D eigenvalue weighted by molar-refractivity contribution is -0.155. The van der Waals surface area contributed by atoms with Crippen LogP contribution in [0.15, 0.2) is 48.5 Å². The molecule has 7 nitrogen and oxygen atoms in total. The Morgan fingerprint density at radius 2 is 1.83 bits per heavy atom. The minimum atomic E-state index is -1.44. The van der Waals surface area contributed by atoms with E-state index in [1.165, 1.54) is 31.2 Å². The Kier molecular flexibility index (Phi) is 6.85. The Balaban J connectivity index is 1.87. The number of carbonyl (C=O) groups excluding carboxylic acids is 4. The highest BCUT2D eigenvalue weighted by molar-refractivity contribution is 6.24. The number of esters is 1. The van der Waals surface area contributed by atoms with Crippen molar-refractivity contribution < 1.29 is 28.3 Å². The first-order valence-corrected chi connectivity index (χ1v) is 11.9. The van der Waals surface area contributed by atoms with Gasteiger partial charge in [0.05, 0.1) is 24.1 Å². The highest BCUT2D eigenvalue weighted by Crippen LogP contribution is 2.51. The third-order valence-corrected chi connectivity index (χ3v) is 6.94. The third kappa shape index (κ3) is 4.16. The van der Waals surface area contributed by atoms with E-state index in [2.05, 4.69) is 5.32 Å². The first-order valence-electron chi connectivity index (χ1n) is 11.9.